The van der Waals surface area contributed by atoms with Gasteiger partial charge in [-0.05, 0) is 25.8 Å². The van der Waals surface area contributed by atoms with Crippen LogP contribution in [-0.2, 0) is 20.7 Å². The van der Waals surface area contributed by atoms with E-state index in [1.54, 1.807) is 7.11 Å². The number of nitrogens with zero attached hydrogens (tertiary/aromatic N) is 2. The Kier molecular flexibility index (Phi) is 4.78. The summed E-state index contributed by atoms with van der Waals surface area (Å²) in [6.45, 7) is 5.50. The molecule has 3 heterocycles. The standard InChI is InChI=1S/C21H26N2O4/c1-14-18(15(2)27-22-14)9-20(24)23-11-19(25-3)21(13-23)10-17(12-26-21)16-7-5-4-6-8-16/h4-8,17,19H,9-13H2,1-3H3/t17-,19-,21-/m1/s1. The zero-order chi connectivity index (χ0) is 19.0. The second kappa shape index (κ2) is 7.09. The molecule has 27 heavy (non-hydrogen) atoms. The van der Waals surface area contributed by atoms with Crippen LogP contribution in [0.2, 0.25) is 0 Å². The molecule has 2 fully saturated rings. The highest BCUT2D eigenvalue weighted by molar-refractivity contribution is 5.79. The summed E-state index contributed by atoms with van der Waals surface area (Å²) in [5.41, 5.74) is 2.51. The average molecular weight is 370 g/mol. The van der Waals surface area contributed by atoms with Crippen molar-refractivity contribution in [3.63, 3.8) is 0 Å². The molecule has 6 heteroatoms. The lowest BCUT2D eigenvalue weighted by Crippen LogP contribution is -2.42. The van der Waals surface area contributed by atoms with Gasteiger partial charge in [0.1, 0.15) is 17.5 Å². The van der Waals surface area contributed by atoms with Crippen LogP contribution >= 0.6 is 0 Å². The molecule has 0 bridgehead atoms. The first kappa shape index (κ1) is 18.2. The lowest BCUT2D eigenvalue weighted by atomic mass is 9.87. The number of methoxy groups -OCH3 is 1. The molecule has 0 aliphatic carbocycles. The van der Waals surface area contributed by atoms with Gasteiger partial charge < -0.3 is 18.9 Å². The van der Waals surface area contributed by atoms with E-state index in [1.807, 2.05) is 24.8 Å². The number of aryl methyl sites for hydroxylation is 2. The van der Waals surface area contributed by atoms with Crippen LogP contribution in [0.4, 0.5) is 0 Å². The minimum atomic E-state index is -0.427. The average Bonchev–Trinajstić information content (AvgIpc) is 3.36. The summed E-state index contributed by atoms with van der Waals surface area (Å²) in [5.74, 6) is 1.11. The fourth-order valence-electron chi connectivity index (χ4n) is 4.43. The van der Waals surface area contributed by atoms with Gasteiger partial charge in [-0.2, -0.15) is 0 Å². The molecule has 0 unspecified atom stereocenters. The molecule has 6 nitrogen and oxygen atoms in total. The minimum Gasteiger partial charge on any atom is -0.377 e. The van der Waals surface area contributed by atoms with Gasteiger partial charge in [0.05, 0.1) is 25.3 Å². The number of benzene rings is 1. The highest BCUT2D eigenvalue weighted by Gasteiger charge is 2.54. The molecule has 2 aliphatic rings. The Labute approximate surface area is 159 Å². The molecule has 1 aromatic carbocycles. The maximum absolute atomic E-state index is 12.9. The van der Waals surface area contributed by atoms with E-state index < -0.39 is 5.60 Å². The normalized spacial score (nSPS) is 27.6. The molecule has 2 saturated heterocycles. The number of hydrogen-bond donors (Lipinski definition) is 0. The molecule has 0 N–H and O–H groups in total. The molecule has 1 amide bonds. The lowest BCUT2D eigenvalue weighted by Gasteiger charge is -2.28. The number of likely N-dealkylation sites (tertiary alicyclic amines) is 1. The van der Waals surface area contributed by atoms with Crippen LogP contribution in [0.3, 0.4) is 0 Å². The van der Waals surface area contributed by atoms with Crippen molar-refractivity contribution in [3.8, 4) is 0 Å². The summed E-state index contributed by atoms with van der Waals surface area (Å²) < 4.78 is 17.2. The number of carbonyl (C=O) groups excluding carboxylic acids is 1. The molecule has 0 saturated carbocycles. The van der Waals surface area contributed by atoms with Gasteiger partial charge in [-0.1, -0.05) is 35.5 Å². The molecule has 1 aromatic heterocycles. The Morgan fingerprint density at radius 1 is 1.33 bits per heavy atom. The van der Waals surface area contributed by atoms with Crippen LogP contribution in [0.25, 0.3) is 0 Å². The summed E-state index contributed by atoms with van der Waals surface area (Å²) in [4.78, 5) is 14.8. The quantitative estimate of drug-likeness (QED) is 0.828. The van der Waals surface area contributed by atoms with Gasteiger partial charge in [-0.25, -0.2) is 0 Å². The maximum atomic E-state index is 12.9. The summed E-state index contributed by atoms with van der Waals surface area (Å²) in [7, 11) is 1.70. The number of aromatic nitrogens is 1. The van der Waals surface area contributed by atoms with E-state index in [2.05, 4.69) is 29.4 Å². The molecular formula is C21H26N2O4. The van der Waals surface area contributed by atoms with Crippen molar-refractivity contribution in [2.45, 2.75) is 44.3 Å². The molecule has 2 aliphatic heterocycles. The van der Waals surface area contributed by atoms with Gasteiger partial charge in [0, 0.05) is 25.1 Å². The van der Waals surface area contributed by atoms with Crippen molar-refractivity contribution in [2.75, 3.05) is 26.8 Å². The molecule has 4 rings (SSSR count). The maximum Gasteiger partial charge on any atom is 0.227 e. The zero-order valence-corrected chi connectivity index (χ0v) is 16.1. The van der Waals surface area contributed by atoms with Crippen molar-refractivity contribution < 1.29 is 18.8 Å². The molecule has 2 aromatic rings. The van der Waals surface area contributed by atoms with Crippen LogP contribution < -0.4 is 0 Å². The van der Waals surface area contributed by atoms with Gasteiger partial charge in [0.15, 0.2) is 0 Å². The van der Waals surface area contributed by atoms with E-state index in [4.69, 9.17) is 14.0 Å². The largest absolute Gasteiger partial charge is 0.377 e. The first-order chi connectivity index (χ1) is 13.0. The van der Waals surface area contributed by atoms with Gasteiger partial charge in [-0.3, -0.25) is 4.79 Å². The first-order valence-electron chi connectivity index (χ1n) is 9.43. The van der Waals surface area contributed by atoms with Crippen LogP contribution in [0.15, 0.2) is 34.9 Å². The summed E-state index contributed by atoms with van der Waals surface area (Å²) >= 11 is 0. The van der Waals surface area contributed by atoms with Crippen LogP contribution in [0, 0.1) is 13.8 Å². The number of hydrogen-bond acceptors (Lipinski definition) is 5. The van der Waals surface area contributed by atoms with E-state index in [9.17, 15) is 4.79 Å². The minimum absolute atomic E-state index is 0.0649. The molecule has 1 spiro atoms. The van der Waals surface area contributed by atoms with Crippen molar-refractivity contribution in [3.05, 3.63) is 52.9 Å². The summed E-state index contributed by atoms with van der Waals surface area (Å²) in [6.07, 6.45) is 1.06. The fourth-order valence-corrected chi connectivity index (χ4v) is 4.43. The predicted octanol–water partition coefficient (Wildman–Crippen LogP) is 2.63. The van der Waals surface area contributed by atoms with Gasteiger partial charge >= 0.3 is 0 Å². The number of rotatable bonds is 4. The van der Waals surface area contributed by atoms with Crippen molar-refractivity contribution in [1.82, 2.24) is 10.1 Å². The van der Waals surface area contributed by atoms with E-state index in [-0.39, 0.29) is 12.0 Å². The van der Waals surface area contributed by atoms with Crippen molar-refractivity contribution >= 4 is 5.91 Å². The van der Waals surface area contributed by atoms with Crippen molar-refractivity contribution in [2.24, 2.45) is 0 Å². The Bertz CT molecular complexity index is 799. The Morgan fingerprint density at radius 2 is 2.11 bits per heavy atom. The predicted molar refractivity (Wildman–Crippen MR) is 99.5 cm³/mol. The Morgan fingerprint density at radius 3 is 2.78 bits per heavy atom. The summed E-state index contributed by atoms with van der Waals surface area (Å²) in [6, 6.07) is 10.4. The molecule has 0 radical (unpaired) electrons. The smallest absolute Gasteiger partial charge is 0.227 e. The monoisotopic (exact) mass is 370 g/mol. The van der Waals surface area contributed by atoms with Crippen LogP contribution in [-0.4, -0.2) is 54.5 Å². The fraction of sp³-hybridized carbons (Fsp3) is 0.524. The highest BCUT2D eigenvalue weighted by atomic mass is 16.6. The second-order valence-corrected chi connectivity index (χ2v) is 7.67. The highest BCUT2D eigenvalue weighted by Crippen LogP contribution is 2.43. The van der Waals surface area contributed by atoms with Crippen LogP contribution in [0.5, 0.6) is 0 Å². The summed E-state index contributed by atoms with van der Waals surface area (Å²) in [5, 5.41) is 3.95. The molecule has 3 atom stereocenters. The van der Waals surface area contributed by atoms with E-state index in [0.717, 1.165) is 17.7 Å². The second-order valence-electron chi connectivity index (χ2n) is 7.67. The SMILES string of the molecule is CO[C@@H]1CN(C(=O)Cc2c(C)noc2C)C[C@]12C[C@@H](c1ccccc1)CO2. The molecule has 144 valence electrons. The third-order valence-electron chi connectivity index (χ3n) is 6.01. The zero-order valence-electron chi connectivity index (χ0n) is 16.1. The van der Waals surface area contributed by atoms with Gasteiger partial charge in [0.2, 0.25) is 5.91 Å². The number of amides is 1. The van der Waals surface area contributed by atoms with Gasteiger partial charge in [-0.15, -0.1) is 0 Å². The van der Waals surface area contributed by atoms with Gasteiger partial charge in [0.25, 0.3) is 0 Å². The third-order valence-corrected chi connectivity index (χ3v) is 6.01. The van der Waals surface area contributed by atoms with Crippen molar-refractivity contribution in [1.29, 1.82) is 0 Å². The third kappa shape index (κ3) is 3.28. The van der Waals surface area contributed by atoms with E-state index in [1.165, 1.54) is 5.56 Å². The van der Waals surface area contributed by atoms with E-state index in [0.29, 0.717) is 37.8 Å². The topological polar surface area (TPSA) is 64.8 Å². The van der Waals surface area contributed by atoms with E-state index >= 15 is 0 Å². The Hall–Kier alpha value is -2.18. The van der Waals surface area contributed by atoms with Crippen LogP contribution in [0.1, 0.15) is 34.9 Å². The Balaban J connectivity index is 1.48. The number of ether oxygens (including phenoxy) is 2. The first-order valence-corrected chi connectivity index (χ1v) is 9.43. The lowest BCUT2D eigenvalue weighted by molar-refractivity contribution is -0.130. The number of carbonyl (C=O) groups is 1. The molecular weight excluding hydrogens is 344 g/mol.